The molecule has 0 spiro atoms. The summed E-state index contributed by atoms with van der Waals surface area (Å²) in [6.07, 6.45) is 0. The molecule has 0 saturated heterocycles. The molecule has 1 heterocycles. The van der Waals surface area contributed by atoms with Crippen LogP contribution in [0.15, 0.2) is 12.1 Å². The number of carboxylic acids is 1. The predicted octanol–water partition coefficient (Wildman–Crippen LogP) is 1.42. The van der Waals surface area contributed by atoms with Gasteiger partial charge in [-0.05, 0) is 19.1 Å². The summed E-state index contributed by atoms with van der Waals surface area (Å²) >= 11 is 0. The van der Waals surface area contributed by atoms with Crippen molar-refractivity contribution in [3.63, 3.8) is 0 Å². The zero-order valence-corrected chi connectivity index (χ0v) is 10.1. The SMILES string of the molecule is Cc1cc(N(C)CC(C)C(=O)O)cc(C#N)n1. The van der Waals surface area contributed by atoms with Crippen LogP contribution in [-0.2, 0) is 4.79 Å². The fraction of sp³-hybridized carbons (Fsp3) is 0.417. The molecule has 5 nitrogen and oxygen atoms in total. The van der Waals surface area contributed by atoms with Gasteiger partial charge in [-0.2, -0.15) is 5.26 Å². The van der Waals surface area contributed by atoms with Crippen LogP contribution in [0.4, 0.5) is 5.69 Å². The van der Waals surface area contributed by atoms with Gasteiger partial charge >= 0.3 is 5.97 Å². The lowest BCUT2D eigenvalue weighted by atomic mass is 10.1. The first kappa shape index (κ1) is 13.0. The third kappa shape index (κ3) is 3.45. The summed E-state index contributed by atoms with van der Waals surface area (Å²) in [6, 6.07) is 5.47. The minimum atomic E-state index is -0.830. The van der Waals surface area contributed by atoms with Gasteiger partial charge in [-0.25, -0.2) is 4.98 Å². The second-order valence-corrected chi connectivity index (χ2v) is 4.08. The summed E-state index contributed by atoms with van der Waals surface area (Å²) in [7, 11) is 1.80. The van der Waals surface area contributed by atoms with Crippen LogP contribution in [0.3, 0.4) is 0 Å². The number of hydrogen-bond acceptors (Lipinski definition) is 4. The molecule has 1 rings (SSSR count). The Kier molecular flexibility index (Phi) is 4.05. The van der Waals surface area contributed by atoms with E-state index in [0.717, 1.165) is 11.4 Å². The number of aryl methyl sites for hydroxylation is 1. The highest BCUT2D eigenvalue weighted by Gasteiger charge is 2.14. The minimum absolute atomic E-state index is 0.342. The summed E-state index contributed by atoms with van der Waals surface area (Å²) in [6.45, 7) is 3.85. The largest absolute Gasteiger partial charge is 0.481 e. The maximum Gasteiger partial charge on any atom is 0.308 e. The molecular weight excluding hydrogens is 218 g/mol. The van der Waals surface area contributed by atoms with Gasteiger partial charge in [0.2, 0.25) is 0 Å². The van der Waals surface area contributed by atoms with Gasteiger partial charge in [0, 0.05) is 25.0 Å². The zero-order valence-electron chi connectivity index (χ0n) is 10.1. The number of carboxylic acid groups (broad SMARTS) is 1. The molecule has 0 amide bonds. The van der Waals surface area contributed by atoms with Gasteiger partial charge in [0.1, 0.15) is 11.8 Å². The van der Waals surface area contributed by atoms with Crippen molar-refractivity contribution in [3.8, 4) is 6.07 Å². The molecule has 90 valence electrons. The molecular formula is C12H15N3O2. The molecule has 0 fully saturated rings. The number of aliphatic carboxylic acids is 1. The molecule has 0 aliphatic heterocycles. The highest BCUT2D eigenvalue weighted by molar-refractivity contribution is 5.70. The van der Waals surface area contributed by atoms with Crippen molar-refractivity contribution in [3.05, 3.63) is 23.5 Å². The molecule has 0 aliphatic carbocycles. The highest BCUT2D eigenvalue weighted by Crippen LogP contribution is 2.16. The molecule has 0 aromatic carbocycles. The summed E-state index contributed by atoms with van der Waals surface area (Å²) in [5.41, 5.74) is 1.89. The van der Waals surface area contributed by atoms with E-state index in [0.29, 0.717) is 12.2 Å². The smallest absolute Gasteiger partial charge is 0.308 e. The van der Waals surface area contributed by atoms with Gasteiger partial charge < -0.3 is 10.0 Å². The maximum absolute atomic E-state index is 10.8. The van der Waals surface area contributed by atoms with Gasteiger partial charge in [0.25, 0.3) is 0 Å². The number of anilines is 1. The lowest BCUT2D eigenvalue weighted by Gasteiger charge is -2.21. The lowest BCUT2D eigenvalue weighted by Crippen LogP contribution is -2.28. The zero-order chi connectivity index (χ0) is 13.0. The Morgan fingerprint density at radius 2 is 2.29 bits per heavy atom. The molecule has 0 aliphatic rings. The minimum Gasteiger partial charge on any atom is -0.481 e. The Balaban J connectivity index is 2.89. The average molecular weight is 233 g/mol. The molecule has 0 saturated carbocycles. The van der Waals surface area contributed by atoms with Crippen molar-refractivity contribution in [1.82, 2.24) is 4.98 Å². The van der Waals surface area contributed by atoms with E-state index in [9.17, 15) is 4.79 Å². The topological polar surface area (TPSA) is 77.2 Å². The summed E-state index contributed by atoms with van der Waals surface area (Å²) in [5.74, 6) is -1.29. The van der Waals surface area contributed by atoms with Crippen LogP contribution < -0.4 is 4.90 Å². The summed E-state index contributed by atoms with van der Waals surface area (Å²) in [5, 5.41) is 17.7. The van der Waals surface area contributed by atoms with Crippen LogP contribution in [0.1, 0.15) is 18.3 Å². The van der Waals surface area contributed by atoms with Gasteiger partial charge in [-0.15, -0.1) is 0 Å². The number of pyridine rings is 1. The number of nitrogens with zero attached hydrogens (tertiary/aromatic N) is 3. The van der Waals surface area contributed by atoms with Crippen LogP contribution >= 0.6 is 0 Å². The molecule has 1 atom stereocenters. The lowest BCUT2D eigenvalue weighted by molar-refractivity contribution is -0.140. The van der Waals surface area contributed by atoms with Crippen LogP contribution in [0.5, 0.6) is 0 Å². The Labute approximate surface area is 100 Å². The number of carbonyl (C=O) groups is 1. The Hall–Kier alpha value is -2.09. The second-order valence-electron chi connectivity index (χ2n) is 4.08. The van der Waals surface area contributed by atoms with E-state index in [-0.39, 0.29) is 0 Å². The van der Waals surface area contributed by atoms with Gasteiger partial charge in [0.15, 0.2) is 0 Å². The second kappa shape index (κ2) is 5.30. The molecule has 1 unspecified atom stereocenters. The van der Waals surface area contributed by atoms with E-state index >= 15 is 0 Å². The van der Waals surface area contributed by atoms with Crippen molar-refractivity contribution in [2.75, 3.05) is 18.5 Å². The molecule has 0 bridgehead atoms. The molecule has 1 aromatic heterocycles. The third-order valence-electron chi connectivity index (χ3n) is 2.46. The van der Waals surface area contributed by atoms with E-state index in [4.69, 9.17) is 10.4 Å². The first-order chi connectivity index (χ1) is 7.93. The van der Waals surface area contributed by atoms with Crippen molar-refractivity contribution < 1.29 is 9.90 Å². The van der Waals surface area contributed by atoms with Crippen molar-refractivity contribution in [1.29, 1.82) is 5.26 Å². The molecule has 0 radical (unpaired) electrons. The predicted molar refractivity (Wildman–Crippen MR) is 63.8 cm³/mol. The van der Waals surface area contributed by atoms with Crippen molar-refractivity contribution in [2.24, 2.45) is 5.92 Å². The number of nitriles is 1. The fourth-order valence-electron chi connectivity index (χ4n) is 1.52. The highest BCUT2D eigenvalue weighted by atomic mass is 16.4. The number of aromatic nitrogens is 1. The van der Waals surface area contributed by atoms with Crippen molar-refractivity contribution >= 4 is 11.7 Å². The molecule has 5 heteroatoms. The summed E-state index contributed by atoms with van der Waals surface area (Å²) < 4.78 is 0. The molecule has 1 N–H and O–H groups in total. The summed E-state index contributed by atoms with van der Waals surface area (Å²) in [4.78, 5) is 16.6. The standard InChI is InChI=1S/C12H15N3O2/c1-8(12(16)17)7-15(3)11-4-9(2)14-10(5-11)6-13/h4-5,8H,7H2,1-3H3,(H,16,17). The Morgan fingerprint density at radius 3 is 2.82 bits per heavy atom. The molecule has 1 aromatic rings. The quantitative estimate of drug-likeness (QED) is 0.851. The molecule has 17 heavy (non-hydrogen) atoms. The monoisotopic (exact) mass is 233 g/mol. The number of rotatable bonds is 4. The van der Waals surface area contributed by atoms with E-state index < -0.39 is 11.9 Å². The van der Waals surface area contributed by atoms with Crippen molar-refractivity contribution in [2.45, 2.75) is 13.8 Å². The van der Waals surface area contributed by atoms with Gasteiger partial charge in [0.05, 0.1) is 5.92 Å². The van der Waals surface area contributed by atoms with E-state index in [1.165, 1.54) is 0 Å². The van der Waals surface area contributed by atoms with E-state index in [1.807, 2.05) is 17.0 Å². The van der Waals surface area contributed by atoms with E-state index in [2.05, 4.69) is 4.98 Å². The maximum atomic E-state index is 10.8. The van der Waals surface area contributed by atoms with Gasteiger partial charge in [-0.1, -0.05) is 6.92 Å². The van der Waals surface area contributed by atoms with Crippen LogP contribution in [0.2, 0.25) is 0 Å². The Morgan fingerprint density at radius 1 is 1.65 bits per heavy atom. The first-order valence-electron chi connectivity index (χ1n) is 5.26. The normalized spacial score (nSPS) is 11.6. The Bertz CT molecular complexity index is 465. The third-order valence-corrected chi connectivity index (χ3v) is 2.46. The average Bonchev–Trinajstić information content (AvgIpc) is 2.27. The number of hydrogen-bond donors (Lipinski definition) is 1. The first-order valence-corrected chi connectivity index (χ1v) is 5.26. The van der Waals surface area contributed by atoms with E-state index in [1.54, 1.807) is 27.0 Å². The fourth-order valence-corrected chi connectivity index (χ4v) is 1.52. The van der Waals surface area contributed by atoms with Crippen LogP contribution in [0, 0.1) is 24.2 Å². The van der Waals surface area contributed by atoms with Crippen LogP contribution in [0.25, 0.3) is 0 Å². The van der Waals surface area contributed by atoms with Gasteiger partial charge in [-0.3, -0.25) is 4.79 Å². The van der Waals surface area contributed by atoms with Crippen LogP contribution in [-0.4, -0.2) is 29.7 Å².